The van der Waals surface area contributed by atoms with Crippen LogP contribution >= 0.6 is 11.8 Å². The molecule has 1 unspecified atom stereocenters. The molecule has 1 aliphatic heterocycles. The molecule has 3 nitrogen and oxygen atoms in total. The number of thioether (sulfide) groups is 1. The molecule has 3 rings (SSSR count). The standard InChI is InChI=1S/C18H18FNO2S/c1-22-13-7-5-12(6-8-13)11-17(21)20-16-9-10-23-18-14(16)3-2-4-15(18)19/h2-8,16H,9-11H2,1H3,(H,20,21). The Kier molecular flexibility index (Phi) is 4.86. The molecule has 1 atom stereocenters. The molecule has 5 heteroatoms. The number of halogens is 1. The van der Waals surface area contributed by atoms with Crippen LogP contribution in [-0.4, -0.2) is 18.8 Å². The fraction of sp³-hybridized carbons (Fsp3) is 0.278. The number of fused-ring (bicyclic) bond motifs is 1. The number of ether oxygens (including phenoxy) is 1. The van der Waals surface area contributed by atoms with Crippen LogP contribution in [0.5, 0.6) is 5.75 Å². The summed E-state index contributed by atoms with van der Waals surface area (Å²) in [5.41, 5.74) is 1.80. The molecular formula is C18H18FNO2S. The number of hydrogen-bond donors (Lipinski definition) is 1. The van der Waals surface area contributed by atoms with E-state index >= 15 is 0 Å². The Hall–Kier alpha value is -2.01. The van der Waals surface area contributed by atoms with Crippen LogP contribution in [0, 0.1) is 5.82 Å². The van der Waals surface area contributed by atoms with Gasteiger partial charge in [0.2, 0.25) is 5.91 Å². The first-order chi connectivity index (χ1) is 11.2. The van der Waals surface area contributed by atoms with Crippen LogP contribution in [0.4, 0.5) is 4.39 Å². The Labute approximate surface area is 139 Å². The Balaban J connectivity index is 1.68. The smallest absolute Gasteiger partial charge is 0.224 e. The van der Waals surface area contributed by atoms with E-state index in [0.29, 0.717) is 11.3 Å². The minimum absolute atomic E-state index is 0.0534. The van der Waals surface area contributed by atoms with Crippen molar-refractivity contribution in [2.24, 2.45) is 0 Å². The van der Waals surface area contributed by atoms with Crippen LogP contribution in [0.15, 0.2) is 47.4 Å². The summed E-state index contributed by atoms with van der Waals surface area (Å²) >= 11 is 1.51. The van der Waals surface area contributed by atoms with Crippen molar-refractivity contribution in [2.45, 2.75) is 23.8 Å². The lowest BCUT2D eigenvalue weighted by Gasteiger charge is -2.26. The second-order valence-corrected chi connectivity index (χ2v) is 6.55. The van der Waals surface area contributed by atoms with E-state index < -0.39 is 0 Å². The van der Waals surface area contributed by atoms with Crippen molar-refractivity contribution in [1.82, 2.24) is 5.32 Å². The SMILES string of the molecule is COc1ccc(CC(=O)NC2CCSc3c(F)cccc32)cc1. The largest absolute Gasteiger partial charge is 0.497 e. The molecule has 1 amide bonds. The fourth-order valence-corrected chi connectivity index (χ4v) is 3.85. The lowest BCUT2D eigenvalue weighted by Crippen LogP contribution is -2.32. The summed E-state index contributed by atoms with van der Waals surface area (Å²) in [6, 6.07) is 12.4. The number of nitrogens with one attached hydrogen (secondary N) is 1. The van der Waals surface area contributed by atoms with E-state index in [1.807, 2.05) is 30.3 Å². The van der Waals surface area contributed by atoms with E-state index in [1.165, 1.54) is 17.8 Å². The van der Waals surface area contributed by atoms with E-state index in [2.05, 4.69) is 5.32 Å². The highest BCUT2D eigenvalue weighted by molar-refractivity contribution is 7.99. The summed E-state index contributed by atoms with van der Waals surface area (Å²) in [6.45, 7) is 0. The highest BCUT2D eigenvalue weighted by atomic mass is 32.2. The highest BCUT2D eigenvalue weighted by Crippen LogP contribution is 2.37. The van der Waals surface area contributed by atoms with Crippen LogP contribution in [0.3, 0.4) is 0 Å². The van der Waals surface area contributed by atoms with Crippen molar-refractivity contribution >= 4 is 17.7 Å². The molecule has 0 spiro atoms. The van der Waals surface area contributed by atoms with Crippen LogP contribution in [0.25, 0.3) is 0 Å². The van der Waals surface area contributed by atoms with Gasteiger partial charge >= 0.3 is 0 Å². The molecule has 1 heterocycles. The van der Waals surface area contributed by atoms with Gasteiger partial charge in [-0.15, -0.1) is 11.8 Å². The number of methoxy groups -OCH3 is 1. The zero-order valence-corrected chi connectivity index (χ0v) is 13.7. The highest BCUT2D eigenvalue weighted by Gasteiger charge is 2.24. The first-order valence-electron chi connectivity index (χ1n) is 7.51. The molecule has 0 aromatic heterocycles. The van der Waals surface area contributed by atoms with Crippen LogP contribution in [-0.2, 0) is 11.2 Å². The van der Waals surface area contributed by atoms with Crippen molar-refractivity contribution in [1.29, 1.82) is 0 Å². The van der Waals surface area contributed by atoms with Gasteiger partial charge in [-0.3, -0.25) is 4.79 Å². The average molecular weight is 331 g/mol. The maximum Gasteiger partial charge on any atom is 0.224 e. The van der Waals surface area contributed by atoms with Gasteiger partial charge in [-0.05, 0) is 35.7 Å². The third-order valence-corrected chi connectivity index (χ3v) is 5.04. The number of hydrogen-bond acceptors (Lipinski definition) is 3. The fourth-order valence-electron chi connectivity index (χ4n) is 2.71. The number of carbonyl (C=O) groups is 1. The third-order valence-electron chi connectivity index (χ3n) is 3.88. The second kappa shape index (κ2) is 7.04. The van der Waals surface area contributed by atoms with Crippen molar-refractivity contribution in [2.75, 3.05) is 12.9 Å². The average Bonchev–Trinajstić information content (AvgIpc) is 2.56. The number of carbonyl (C=O) groups excluding carboxylic acids is 1. The van der Waals surface area contributed by atoms with Crippen LogP contribution < -0.4 is 10.1 Å². The molecule has 0 saturated carbocycles. The molecule has 0 fully saturated rings. The topological polar surface area (TPSA) is 38.3 Å². The van der Waals surface area contributed by atoms with Gasteiger partial charge in [-0.25, -0.2) is 4.39 Å². The second-order valence-electron chi connectivity index (χ2n) is 5.44. The summed E-state index contributed by atoms with van der Waals surface area (Å²) < 4.78 is 19.0. The number of benzene rings is 2. The zero-order valence-electron chi connectivity index (χ0n) is 12.8. The number of amides is 1. The summed E-state index contributed by atoms with van der Waals surface area (Å²) in [7, 11) is 1.61. The Morgan fingerprint density at radius 1 is 1.30 bits per heavy atom. The maximum absolute atomic E-state index is 13.9. The van der Waals surface area contributed by atoms with Crippen LogP contribution in [0.2, 0.25) is 0 Å². The third kappa shape index (κ3) is 3.67. The predicted octanol–water partition coefficient (Wildman–Crippen LogP) is 3.73. The molecule has 1 aliphatic rings. The molecule has 2 aromatic carbocycles. The monoisotopic (exact) mass is 331 g/mol. The van der Waals surface area contributed by atoms with E-state index in [-0.39, 0.29) is 17.8 Å². The number of rotatable bonds is 4. The lowest BCUT2D eigenvalue weighted by molar-refractivity contribution is -0.121. The van der Waals surface area contributed by atoms with Crippen molar-refractivity contribution in [3.8, 4) is 5.75 Å². The van der Waals surface area contributed by atoms with Gasteiger partial charge in [-0.2, -0.15) is 0 Å². The maximum atomic E-state index is 13.9. The molecule has 2 aromatic rings. The minimum atomic E-state index is -0.207. The zero-order chi connectivity index (χ0) is 16.2. The summed E-state index contributed by atoms with van der Waals surface area (Å²) in [6.07, 6.45) is 1.12. The molecule has 0 aliphatic carbocycles. The normalized spacial score (nSPS) is 16.5. The Bertz CT molecular complexity index is 703. The van der Waals surface area contributed by atoms with Crippen LogP contribution in [0.1, 0.15) is 23.6 Å². The van der Waals surface area contributed by atoms with Crippen molar-refractivity contribution in [3.63, 3.8) is 0 Å². The van der Waals surface area contributed by atoms with E-state index in [0.717, 1.165) is 29.1 Å². The predicted molar refractivity (Wildman–Crippen MR) is 89.3 cm³/mol. The van der Waals surface area contributed by atoms with Gasteiger partial charge in [0.25, 0.3) is 0 Å². The molecular weight excluding hydrogens is 313 g/mol. The molecule has 120 valence electrons. The summed E-state index contributed by atoms with van der Waals surface area (Å²) in [5, 5.41) is 3.03. The molecule has 0 radical (unpaired) electrons. The first-order valence-corrected chi connectivity index (χ1v) is 8.49. The van der Waals surface area contributed by atoms with Gasteiger partial charge in [0, 0.05) is 10.6 Å². The Morgan fingerprint density at radius 3 is 2.83 bits per heavy atom. The van der Waals surface area contributed by atoms with Gasteiger partial charge < -0.3 is 10.1 Å². The lowest BCUT2D eigenvalue weighted by atomic mass is 10.0. The van der Waals surface area contributed by atoms with E-state index in [4.69, 9.17) is 4.74 Å². The first kappa shape index (κ1) is 15.9. The van der Waals surface area contributed by atoms with E-state index in [1.54, 1.807) is 13.2 Å². The molecule has 0 bridgehead atoms. The quantitative estimate of drug-likeness (QED) is 0.928. The van der Waals surface area contributed by atoms with Crippen molar-refractivity contribution < 1.29 is 13.9 Å². The van der Waals surface area contributed by atoms with E-state index in [9.17, 15) is 9.18 Å². The molecule has 0 saturated heterocycles. The van der Waals surface area contributed by atoms with Gasteiger partial charge in [0.15, 0.2) is 0 Å². The Morgan fingerprint density at radius 2 is 2.09 bits per heavy atom. The summed E-state index contributed by atoms with van der Waals surface area (Å²) in [5.74, 6) is 1.31. The molecule has 1 N–H and O–H groups in total. The van der Waals surface area contributed by atoms with Gasteiger partial charge in [0.1, 0.15) is 11.6 Å². The van der Waals surface area contributed by atoms with Crippen molar-refractivity contribution in [3.05, 3.63) is 59.4 Å². The minimum Gasteiger partial charge on any atom is -0.497 e. The van der Waals surface area contributed by atoms with Gasteiger partial charge in [-0.1, -0.05) is 24.3 Å². The summed E-state index contributed by atoms with van der Waals surface area (Å²) in [4.78, 5) is 12.9. The molecule has 23 heavy (non-hydrogen) atoms. The van der Waals surface area contributed by atoms with Gasteiger partial charge in [0.05, 0.1) is 19.6 Å².